The molecule has 0 heterocycles. The highest BCUT2D eigenvalue weighted by Gasteiger charge is 2.20. The summed E-state index contributed by atoms with van der Waals surface area (Å²) in [5, 5.41) is 10.2. The lowest BCUT2D eigenvalue weighted by molar-refractivity contribution is 1.60. The third kappa shape index (κ3) is 4.23. The van der Waals surface area contributed by atoms with Crippen molar-refractivity contribution in [2.24, 2.45) is 0 Å². The van der Waals surface area contributed by atoms with Crippen LogP contribution in [0, 0.1) is 0 Å². The number of benzene rings is 9. The number of hydrogen-bond donors (Lipinski definition) is 0. The Morgan fingerprint density at radius 1 is 0.217 bits per heavy atom. The minimum Gasteiger partial charge on any atom is -0.0622 e. The molecule has 0 N–H and O–H groups in total. The average Bonchev–Trinajstić information content (AvgIpc) is 3.14. The van der Waals surface area contributed by atoms with Crippen LogP contribution in [0.3, 0.4) is 0 Å². The summed E-state index contributed by atoms with van der Waals surface area (Å²) in [5.41, 5.74) is 9.96. The van der Waals surface area contributed by atoms with Crippen LogP contribution in [-0.2, 0) is 0 Å². The Bertz CT molecular complexity index is 2500. The molecule has 0 nitrogen and oxygen atoms in total. The van der Waals surface area contributed by atoms with Gasteiger partial charge in [-0.3, -0.25) is 0 Å². The molecule has 0 radical (unpaired) electrons. The fraction of sp³-hybridized carbons (Fsp3) is 0. The van der Waals surface area contributed by atoms with E-state index in [0.717, 1.165) is 0 Å². The van der Waals surface area contributed by atoms with Crippen LogP contribution in [0.1, 0.15) is 0 Å². The van der Waals surface area contributed by atoms with Crippen LogP contribution < -0.4 is 0 Å². The quantitative estimate of drug-likeness (QED) is 0.143. The molecule has 0 amide bonds. The summed E-state index contributed by atoms with van der Waals surface area (Å²) in [5.74, 6) is 0. The highest BCUT2D eigenvalue weighted by Crippen LogP contribution is 2.47. The van der Waals surface area contributed by atoms with Crippen molar-refractivity contribution >= 4 is 43.1 Å². The van der Waals surface area contributed by atoms with Crippen LogP contribution >= 0.6 is 0 Å². The summed E-state index contributed by atoms with van der Waals surface area (Å²) in [4.78, 5) is 0. The molecule has 0 bridgehead atoms. The molecule has 9 aromatic rings. The molecule has 9 rings (SSSR count). The molecular weight excluding hydrogens is 553 g/mol. The molecule has 214 valence electrons. The molecule has 9 aromatic carbocycles. The minimum atomic E-state index is 1.22. The Morgan fingerprint density at radius 2 is 0.696 bits per heavy atom. The third-order valence-electron chi connectivity index (χ3n) is 9.45. The van der Waals surface area contributed by atoms with Crippen molar-refractivity contribution in [3.8, 4) is 44.5 Å². The Balaban J connectivity index is 1.42. The topological polar surface area (TPSA) is 0 Å². The number of hydrogen-bond acceptors (Lipinski definition) is 0. The van der Waals surface area contributed by atoms with E-state index >= 15 is 0 Å². The summed E-state index contributed by atoms with van der Waals surface area (Å²) in [6.07, 6.45) is 0. The van der Waals surface area contributed by atoms with E-state index in [4.69, 9.17) is 0 Å². The number of rotatable bonds is 4. The van der Waals surface area contributed by atoms with Crippen LogP contribution in [0.15, 0.2) is 182 Å². The fourth-order valence-corrected chi connectivity index (χ4v) is 7.42. The van der Waals surface area contributed by atoms with Gasteiger partial charge in [-0.2, -0.15) is 0 Å². The highest BCUT2D eigenvalue weighted by molar-refractivity contribution is 6.23. The Hall–Kier alpha value is -5.98. The van der Waals surface area contributed by atoms with Gasteiger partial charge in [-0.1, -0.05) is 170 Å². The molecule has 0 atom stereocenters. The fourth-order valence-electron chi connectivity index (χ4n) is 7.42. The van der Waals surface area contributed by atoms with Gasteiger partial charge in [-0.05, 0) is 99.7 Å². The number of fused-ring (bicyclic) bond motifs is 5. The largest absolute Gasteiger partial charge is 0.0622 e. The van der Waals surface area contributed by atoms with E-state index in [9.17, 15) is 0 Å². The molecule has 0 saturated heterocycles. The van der Waals surface area contributed by atoms with Gasteiger partial charge in [-0.15, -0.1) is 0 Å². The lowest BCUT2D eigenvalue weighted by Crippen LogP contribution is -1.94. The molecule has 0 aliphatic carbocycles. The van der Waals surface area contributed by atoms with Crippen LogP contribution in [0.2, 0.25) is 0 Å². The summed E-state index contributed by atoms with van der Waals surface area (Å²) < 4.78 is 0. The highest BCUT2D eigenvalue weighted by atomic mass is 14.2. The van der Waals surface area contributed by atoms with Gasteiger partial charge >= 0.3 is 0 Å². The lowest BCUT2D eigenvalue weighted by atomic mass is 9.82. The van der Waals surface area contributed by atoms with E-state index < -0.39 is 0 Å². The van der Waals surface area contributed by atoms with E-state index in [1.807, 2.05) is 0 Å². The van der Waals surface area contributed by atoms with Gasteiger partial charge in [0.15, 0.2) is 0 Å². The average molecular weight is 583 g/mol. The molecule has 0 saturated carbocycles. The van der Waals surface area contributed by atoms with Crippen molar-refractivity contribution in [2.75, 3.05) is 0 Å². The maximum Gasteiger partial charge on any atom is -0.00199 e. The maximum atomic E-state index is 2.44. The SMILES string of the molecule is c1ccc(-c2ccc(-c3cc4ccccc4c4ccccc34)cc2-c2c3ccccc3c(-c3ccccc3)c3ccccc23)cc1. The second kappa shape index (κ2) is 10.9. The summed E-state index contributed by atoms with van der Waals surface area (Å²) in [6, 6.07) is 66.5. The van der Waals surface area contributed by atoms with Crippen LogP contribution in [0.5, 0.6) is 0 Å². The summed E-state index contributed by atoms with van der Waals surface area (Å²) in [7, 11) is 0. The molecule has 0 unspecified atom stereocenters. The van der Waals surface area contributed by atoms with Crippen LogP contribution in [0.4, 0.5) is 0 Å². The minimum absolute atomic E-state index is 1.22. The van der Waals surface area contributed by atoms with Crippen molar-refractivity contribution < 1.29 is 0 Å². The first-order valence-corrected chi connectivity index (χ1v) is 15.9. The molecule has 0 aromatic heterocycles. The van der Waals surface area contributed by atoms with E-state index in [2.05, 4.69) is 182 Å². The molecule has 0 aliphatic heterocycles. The molecule has 0 aliphatic rings. The molecule has 0 heteroatoms. The zero-order valence-corrected chi connectivity index (χ0v) is 25.3. The van der Waals surface area contributed by atoms with Crippen molar-refractivity contribution in [1.82, 2.24) is 0 Å². The first kappa shape index (κ1) is 26.4. The maximum absolute atomic E-state index is 2.44. The van der Waals surface area contributed by atoms with Crippen LogP contribution in [0.25, 0.3) is 87.6 Å². The van der Waals surface area contributed by atoms with Gasteiger partial charge in [0.2, 0.25) is 0 Å². The van der Waals surface area contributed by atoms with Crippen molar-refractivity contribution in [3.63, 3.8) is 0 Å². The monoisotopic (exact) mass is 582 g/mol. The predicted molar refractivity (Wildman–Crippen MR) is 198 cm³/mol. The zero-order chi connectivity index (χ0) is 30.5. The zero-order valence-electron chi connectivity index (χ0n) is 25.3. The van der Waals surface area contributed by atoms with Crippen molar-refractivity contribution in [3.05, 3.63) is 182 Å². The van der Waals surface area contributed by atoms with Crippen molar-refractivity contribution in [1.29, 1.82) is 0 Å². The van der Waals surface area contributed by atoms with Crippen LogP contribution in [-0.4, -0.2) is 0 Å². The van der Waals surface area contributed by atoms with E-state index in [1.54, 1.807) is 0 Å². The molecule has 46 heavy (non-hydrogen) atoms. The van der Waals surface area contributed by atoms with E-state index in [0.29, 0.717) is 0 Å². The lowest BCUT2D eigenvalue weighted by Gasteiger charge is -2.21. The summed E-state index contributed by atoms with van der Waals surface area (Å²) >= 11 is 0. The standard InChI is InChI=1S/C46H30/c1-3-15-31(16-4-1)36-28-27-34(43-29-33-19-7-8-20-35(33)37-21-9-10-22-38(37)43)30-44(36)46-41-25-13-11-23-39(41)45(32-17-5-2-6-18-32)40-24-12-14-26-42(40)46/h1-30H. The molecule has 0 spiro atoms. The molecule has 0 fully saturated rings. The van der Waals surface area contributed by atoms with Crippen molar-refractivity contribution in [2.45, 2.75) is 0 Å². The summed E-state index contributed by atoms with van der Waals surface area (Å²) in [6.45, 7) is 0. The van der Waals surface area contributed by atoms with Gasteiger partial charge in [0.1, 0.15) is 0 Å². The predicted octanol–water partition coefficient (Wildman–Crippen LogP) is 13.0. The first-order valence-electron chi connectivity index (χ1n) is 15.9. The molecular formula is C46H30. The second-order valence-electron chi connectivity index (χ2n) is 12.0. The smallest absolute Gasteiger partial charge is 0.00199 e. The van der Waals surface area contributed by atoms with Gasteiger partial charge in [0, 0.05) is 0 Å². The van der Waals surface area contributed by atoms with Gasteiger partial charge in [0.05, 0.1) is 0 Å². The van der Waals surface area contributed by atoms with Gasteiger partial charge < -0.3 is 0 Å². The first-order chi connectivity index (χ1) is 22.8. The second-order valence-corrected chi connectivity index (χ2v) is 12.0. The van der Waals surface area contributed by atoms with Gasteiger partial charge in [0.25, 0.3) is 0 Å². The third-order valence-corrected chi connectivity index (χ3v) is 9.45. The van der Waals surface area contributed by atoms with E-state index in [-0.39, 0.29) is 0 Å². The Labute approximate surface area is 268 Å². The normalized spacial score (nSPS) is 11.5. The van der Waals surface area contributed by atoms with E-state index in [1.165, 1.54) is 87.6 Å². The van der Waals surface area contributed by atoms with Gasteiger partial charge in [-0.25, -0.2) is 0 Å². The Kier molecular flexibility index (Phi) is 6.25. The Morgan fingerprint density at radius 3 is 1.33 bits per heavy atom.